The smallest absolute Gasteiger partial charge is 0.170 e. The molecule has 1 aromatic carbocycles. The molecule has 0 unspecified atom stereocenters. The van der Waals surface area contributed by atoms with Crippen molar-refractivity contribution in [2.75, 3.05) is 18.5 Å². The van der Waals surface area contributed by atoms with Crippen molar-refractivity contribution in [3.63, 3.8) is 0 Å². The Bertz CT molecular complexity index is 399. The van der Waals surface area contributed by atoms with Gasteiger partial charge < -0.3 is 15.4 Å². The van der Waals surface area contributed by atoms with Crippen LogP contribution in [0.1, 0.15) is 26.7 Å². The third-order valence-corrected chi connectivity index (χ3v) is 2.55. The van der Waals surface area contributed by atoms with Crippen LogP contribution in [0.4, 0.5) is 10.1 Å². The molecule has 0 fully saturated rings. The third kappa shape index (κ3) is 4.87. The lowest BCUT2D eigenvalue weighted by atomic mass is 10.3. The van der Waals surface area contributed by atoms with Crippen molar-refractivity contribution in [3.05, 3.63) is 24.0 Å². The van der Waals surface area contributed by atoms with Crippen LogP contribution in [0.5, 0.6) is 5.75 Å². The van der Waals surface area contributed by atoms with Gasteiger partial charge in [0.05, 0.1) is 6.61 Å². The first-order valence-electron chi connectivity index (χ1n) is 6.14. The maximum atomic E-state index is 13.6. The molecule has 0 radical (unpaired) electrons. The van der Waals surface area contributed by atoms with Gasteiger partial charge in [-0.2, -0.15) is 0 Å². The Hall–Kier alpha value is -1.36. The molecule has 0 saturated carbocycles. The summed E-state index contributed by atoms with van der Waals surface area (Å²) < 4.78 is 18.7. The highest BCUT2D eigenvalue weighted by molar-refractivity contribution is 7.80. The van der Waals surface area contributed by atoms with Crippen molar-refractivity contribution >= 4 is 23.0 Å². The summed E-state index contributed by atoms with van der Waals surface area (Å²) in [5.74, 6) is -0.133. The fraction of sp³-hybridized carbons (Fsp3) is 0.462. The minimum absolute atomic E-state index is 0.257. The Kier molecular flexibility index (Phi) is 6.43. The molecule has 0 aliphatic rings. The van der Waals surface area contributed by atoms with E-state index in [0.717, 1.165) is 19.4 Å². The van der Waals surface area contributed by atoms with Crippen LogP contribution in [-0.4, -0.2) is 18.3 Å². The molecule has 18 heavy (non-hydrogen) atoms. The molecular weight excluding hydrogens is 251 g/mol. The van der Waals surface area contributed by atoms with Crippen LogP contribution in [0.15, 0.2) is 18.2 Å². The van der Waals surface area contributed by atoms with E-state index in [1.165, 1.54) is 6.07 Å². The zero-order valence-electron chi connectivity index (χ0n) is 10.8. The minimum atomic E-state index is -0.391. The summed E-state index contributed by atoms with van der Waals surface area (Å²) in [6.45, 7) is 5.20. The van der Waals surface area contributed by atoms with Crippen LogP contribution >= 0.6 is 12.2 Å². The predicted octanol–water partition coefficient (Wildman–Crippen LogP) is 3.31. The lowest BCUT2D eigenvalue weighted by Gasteiger charge is -2.11. The molecule has 5 heteroatoms. The zero-order valence-corrected chi connectivity index (χ0v) is 11.6. The van der Waals surface area contributed by atoms with Crippen molar-refractivity contribution in [1.29, 1.82) is 0 Å². The zero-order chi connectivity index (χ0) is 13.4. The van der Waals surface area contributed by atoms with Gasteiger partial charge >= 0.3 is 0 Å². The van der Waals surface area contributed by atoms with Gasteiger partial charge in [0.2, 0.25) is 0 Å². The molecule has 0 spiro atoms. The molecule has 0 heterocycles. The minimum Gasteiger partial charge on any atom is -0.491 e. The van der Waals surface area contributed by atoms with Gasteiger partial charge in [-0.3, -0.25) is 0 Å². The van der Waals surface area contributed by atoms with E-state index in [1.807, 2.05) is 6.92 Å². The molecule has 0 aliphatic heterocycles. The molecule has 0 bridgehead atoms. The lowest BCUT2D eigenvalue weighted by Crippen LogP contribution is -2.29. The Morgan fingerprint density at radius 2 is 2.17 bits per heavy atom. The second kappa shape index (κ2) is 7.87. The van der Waals surface area contributed by atoms with E-state index >= 15 is 0 Å². The first kappa shape index (κ1) is 14.7. The van der Waals surface area contributed by atoms with E-state index in [9.17, 15) is 4.39 Å². The summed E-state index contributed by atoms with van der Waals surface area (Å²) >= 11 is 5.10. The average molecular weight is 270 g/mol. The standard InChI is InChI=1S/C13H19FN2OS/c1-3-5-8-15-13(18)16-10-6-7-12(17-4-2)11(14)9-10/h6-7,9H,3-5,8H2,1-2H3,(H2,15,16,18). The van der Waals surface area contributed by atoms with E-state index in [4.69, 9.17) is 17.0 Å². The van der Waals surface area contributed by atoms with Gasteiger partial charge in [0.1, 0.15) is 0 Å². The highest BCUT2D eigenvalue weighted by atomic mass is 32.1. The molecule has 1 rings (SSSR count). The average Bonchev–Trinajstić information content (AvgIpc) is 2.33. The summed E-state index contributed by atoms with van der Waals surface area (Å²) in [4.78, 5) is 0. The molecule has 1 aromatic rings. The topological polar surface area (TPSA) is 33.3 Å². The first-order chi connectivity index (χ1) is 8.67. The lowest BCUT2D eigenvalue weighted by molar-refractivity contribution is 0.321. The van der Waals surface area contributed by atoms with Gasteiger partial charge in [-0.05, 0) is 37.7 Å². The third-order valence-electron chi connectivity index (χ3n) is 2.31. The van der Waals surface area contributed by atoms with Gasteiger partial charge in [-0.15, -0.1) is 0 Å². The molecule has 0 amide bonds. The van der Waals surface area contributed by atoms with Crippen LogP contribution in [0, 0.1) is 5.82 Å². The van der Waals surface area contributed by atoms with Crippen LogP contribution in [0.2, 0.25) is 0 Å². The number of halogens is 1. The number of benzene rings is 1. The first-order valence-corrected chi connectivity index (χ1v) is 6.55. The number of anilines is 1. The van der Waals surface area contributed by atoms with E-state index in [1.54, 1.807) is 12.1 Å². The molecular formula is C13H19FN2OS. The Morgan fingerprint density at radius 3 is 2.78 bits per heavy atom. The SMILES string of the molecule is CCCCNC(=S)Nc1ccc(OCC)c(F)c1. The molecule has 3 nitrogen and oxygen atoms in total. The summed E-state index contributed by atoms with van der Waals surface area (Å²) in [5, 5.41) is 6.50. The normalized spacial score (nSPS) is 9.94. The van der Waals surface area contributed by atoms with Crippen molar-refractivity contribution in [3.8, 4) is 5.75 Å². The molecule has 0 saturated heterocycles. The van der Waals surface area contributed by atoms with E-state index in [2.05, 4.69) is 17.6 Å². The number of rotatable bonds is 6. The largest absolute Gasteiger partial charge is 0.491 e. The van der Waals surface area contributed by atoms with Crippen molar-refractivity contribution in [1.82, 2.24) is 5.32 Å². The predicted molar refractivity (Wildman–Crippen MR) is 76.7 cm³/mol. The van der Waals surface area contributed by atoms with Crippen LogP contribution in [-0.2, 0) is 0 Å². The highest BCUT2D eigenvalue weighted by Crippen LogP contribution is 2.20. The van der Waals surface area contributed by atoms with E-state index in [0.29, 0.717) is 17.4 Å². The highest BCUT2D eigenvalue weighted by Gasteiger charge is 2.05. The van der Waals surface area contributed by atoms with Gasteiger partial charge in [0.25, 0.3) is 0 Å². The summed E-state index contributed by atoms with van der Waals surface area (Å²) in [6.07, 6.45) is 2.16. The maximum absolute atomic E-state index is 13.6. The van der Waals surface area contributed by atoms with E-state index < -0.39 is 5.82 Å². The van der Waals surface area contributed by atoms with Crippen molar-refractivity contribution in [2.24, 2.45) is 0 Å². The van der Waals surface area contributed by atoms with Crippen LogP contribution in [0.25, 0.3) is 0 Å². The quantitative estimate of drug-likeness (QED) is 0.614. The summed E-state index contributed by atoms with van der Waals surface area (Å²) in [7, 11) is 0. The van der Waals surface area contributed by atoms with Crippen molar-refractivity contribution in [2.45, 2.75) is 26.7 Å². The number of hydrogen-bond donors (Lipinski definition) is 2. The summed E-state index contributed by atoms with van der Waals surface area (Å²) in [6, 6.07) is 4.70. The second-order valence-electron chi connectivity index (χ2n) is 3.81. The fourth-order valence-corrected chi connectivity index (χ4v) is 1.63. The van der Waals surface area contributed by atoms with Crippen LogP contribution in [0.3, 0.4) is 0 Å². The Labute approximate surface area is 113 Å². The molecule has 0 atom stereocenters. The van der Waals surface area contributed by atoms with E-state index in [-0.39, 0.29) is 5.75 Å². The Balaban J connectivity index is 2.52. The van der Waals surface area contributed by atoms with Gasteiger partial charge in [-0.1, -0.05) is 13.3 Å². The molecule has 100 valence electrons. The Morgan fingerprint density at radius 1 is 1.39 bits per heavy atom. The van der Waals surface area contributed by atoms with Crippen molar-refractivity contribution < 1.29 is 9.13 Å². The second-order valence-corrected chi connectivity index (χ2v) is 4.22. The van der Waals surface area contributed by atoms with Gasteiger partial charge in [0.15, 0.2) is 16.7 Å². The number of unbranched alkanes of at least 4 members (excludes halogenated alkanes) is 1. The number of hydrogen-bond acceptors (Lipinski definition) is 2. The molecule has 0 aliphatic carbocycles. The number of thiocarbonyl (C=S) groups is 1. The fourth-order valence-electron chi connectivity index (χ4n) is 1.41. The molecule has 2 N–H and O–H groups in total. The number of nitrogens with one attached hydrogen (secondary N) is 2. The van der Waals surface area contributed by atoms with Gasteiger partial charge in [-0.25, -0.2) is 4.39 Å². The summed E-state index contributed by atoms with van der Waals surface area (Å²) in [5.41, 5.74) is 0.616. The molecule has 0 aromatic heterocycles. The maximum Gasteiger partial charge on any atom is 0.170 e. The van der Waals surface area contributed by atoms with Crippen LogP contribution < -0.4 is 15.4 Å². The van der Waals surface area contributed by atoms with Gasteiger partial charge in [0, 0.05) is 18.3 Å². The number of ether oxygens (including phenoxy) is 1. The monoisotopic (exact) mass is 270 g/mol.